The van der Waals surface area contributed by atoms with Crippen molar-refractivity contribution < 1.29 is 4.79 Å². The maximum absolute atomic E-state index is 12.2. The van der Waals surface area contributed by atoms with Crippen LogP contribution >= 0.6 is 0 Å². The number of rotatable bonds is 6. The number of fused-ring (bicyclic) bond motifs is 1. The summed E-state index contributed by atoms with van der Waals surface area (Å²) in [5, 5.41) is 0.902. The fourth-order valence-electron chi connectivity index (χ4n) is 6.37. The maximum atomic E-state index is 12.2. The Bertz CT molecular complexity index is 1450. The predicted molar refractivity (Wildman–Crippen MR) is 160 cm³/mol. The summed E-state index contributed by atoms with van der Waals surface area (Å²) in [6.07, 6.45) is 8.45. The minimum atomic E-state index is -0.481. The smallest absolute Gasteiger partial charge is 0.319 e. The van der Waals surface area contributed by atoms with Crippen LogP contribution in [-0.2, 0) is 6.54 Å². The van der Waals surface area contributed by atoms with Gasteiger partial charge in [-0.05, 0) is 56.0 Å². The van der Waals surface area contributed by atoms with Crippen LogP contribution < -0.4 is 16.4 Å². The van der Waals surface area contributed by atoms with E-state index in [2.05, 4.69) is 49.7 Å². The van der Waals surface area contributed by atoms with Gasteiger partial charge >= 0.3 is 6.03 Å². The fraction of sp³-hybridized carbons (Fsp3) is 0.387. The molecule has 1 aliphatic carbocycles. The van der Waals surface area contributed by atoms with Crippen LogP contribution in [0.5, 0.6) is 0 Å². The van der Waals surface area contributed by atoms with Gasteiger partial charge in [0.05, 0.1) is 11.9 Å². The van der Waals surface area contributed by atoms with E-state index < -0.39 is 6.03 Å². The van der Waals surface area contributed by atoms with Crippen LogP contribution in [0.25, 0.3) is 22.2 Å². The summed E-state index contributed by atoms with van der Waals surface area (Å²) in [5.74, 6) is 0.498. The van der Waals surface area contributed by atoms with Crippen LogP contribution in [0.15, 0.2) is 67.1 Å². The van der Waals surface area contributed by atoms with Gasteiger partial charge in [-0.15, -0.1) is 0 Å². The molecule has 0 unspecified atom stereocenters. The minimum absolute atomic E-state index is 0.392. The van der Waals surface area contributed by atoms with Crippen molar-refractivity contribution in [3.8, 4) is 11.1 Å². The van der Waals surface area contributed by atoms with Crippen molar-refractivity contribution in [3.63, 3.8) is 0 Å². The number of nitrogens with zero attached hydrogens (tertiary/aromatic N) is 6. The molecule has 2 aromatic heterocycles. The van der Waals surface area contributed by atoms with Gasteiger partial charge in [-0.25, -0.2) is 14.8 Å². The van der Waals surface area contributed by atoms with Crippen LogP contribution in [0.3, 0.4) is 0 Å². The van der Waals surface area contributed by atoms with Gasteiger partial charge in [-0.3, -0.25) is 9.80 Å². The third-order valence-electron chi connectivity index (χ3n) is 8.69. The Balaban J connectivity index is 1.23. The van der Waals surface area contributed by atoms with Gasteiger partial charge in [-0.1, -0.05) is 42.5 Å². The molecule has 1 saturated carbocycles. The molecular formula is C31H38N8O. The van der Waals surface area contributed by atoms with Crippen LogP contribution in [0.2, 0.25) is 0 Å². The van der Waals surface area contributed by atoms with Crippen LogP contribution in [0.4, 0.5) is 16.3 Å². The van der Waals surface area contributed by atoms with Crippen molar-refractivity contribution in [1.29, 1.82) is 0 Å². The third kappa shape index (κ3) is 5.26. The molecular weight excluding hydrogens is 500 g/mol. The lowest BCUT2D eigenvalue weighted by Gasteiger charge is -2.41. The number of benzene rings is 2. The lowest BCUT2D eigenvalue weighted by Crippen LogP contribution is -2.49. The number of aromatic nitrogens is 3. The average molecular weight is 539 g/mol. The van der Waals surface area contributed by atoms with E-state index in [9.17, 15) is 4.79 Å². The normalized spacial score (nSPS) is 20.5. The van der Waals surface area contributed by atoms with E-state index in [4.69, 9.17) is 11.5 Å². The topological polar surface area (TPSA) is 110 Å². The van der Waals surface area contributed by atoms with Crippen molar-refractivity contribution in [2.24, 2.45) is 5.73 Å². The summed E-state index contributed by atoms with van der Waals surface area (Å²) in [4.78, 5) is 27.9. The first-order valence-corrected chi connectivity index (χ1v) is 14.2. The second kappa shape index (κ2) is 11.3. The molecule has 6 rings (SSSR count). The summed E-state index contributed by atoms with van der Waals surface area (Å²) in [6.45, 7) is 5.05. The largest absolute Gasteiger partial charge is 0.383 e. The zero-order valence-corrected chi connectivity index (χ0v) is 23.1. The fourth-order valence-corrected chi connectivity index (χ4v) is 6.37. The molecule has 1 aliphatic heterocycles. The van der Waals surface area contributed by atoms with Crippen LogP contribution in [-0.4, -0.2) is 69.6 Å². The van der Waals surface area contributed by atoms with Crippen molar-refractivity contribution in [3.05, 3.63) is 72.7 Å². The highest BCUT2D eigenvalue weighted by Gasteiger charge is 2.30. The van der Waals surface area contributed by atoms with Gasteiger partial charge in [0.1, 0.15) is 17.8 Å². The predicted octanol–water partition coefficient (Wildman–Crippen LogP) is 4.50. The van der Waals surface area contributed by atoms with Crippen LogP contribution in [0, 0.1) is 0 Å². The number of anilines is 2. The molecule has 9 nitrogen and oxygen atoms in total. The molecule has 4 aromatic rings. The van der Waals surface area contributed by atoms with Crippen LogP contribution in [0.1, 0.15) is 37.3 Å². The van der Waals surface area contributed by atoms with Gasteiger partial charge < -0.3 is 20.9 Å². The summed E-state index contributed by atoms with van der Waals surface area (Å²) in [7, 11) is 2.21. The lowest BCUT2D eigenvalue weighted by molar-refractivity contribution is 0.0828. The van der Waals surface area contributed by atoms with E-state index in [1.807, 2.05) is 42.5 Å². The van der Waals surface area contributed by atoms with Gasteiger partial charge in [-0.2, -0.15) is 0 Å². The molecule has 2 amide bonds. The van der Waals surface area contributed by atoms with Crippen molar-refractivity contribution in [2.75, 3.05) is 43.9 Å². The highest BCUT2D eigenvalue weighted by Crippen LogP contribution is 2.39. The molecule has 9 heteroatoms. The Morgan fingerprint density at radius 3 is 2.27 bits per heavy atom. The van der Waals surface area contributed by atoms with Crippen molar-refractivity contribution >= 4 is 28.6 Å². The highest BCUT2D eigenvalue weighted by molar-refractivity contribution is 6.00. The zero-order valence-electron chi connectivity index (χ0n) is 23.1. The second-order valence-electron chi connectivity index (χ2n) is 11.2. The average Bonchev–Trinajstić information content (AvgIpc) is 3.38. The van der Waals surface area contributed by atoms with Gasteiger partial charge in [0.15, 0.2) is 0 Å². The standard InChI is InChI=1S/C31H38N8O/c1-36-15-17-37(18-16-36)24-11-13-26(14-12-24)38-20-27(28-29(32)34-21-35-30(28)38)23-9-7-22(8-10-23)19-39(31(33)40)25-5-3-2-4-6-25/h2-10,20-21,24,26H,11-19H2,1H3,(H2,33,40)(H2,32,34,35)/t24-,26-. The van der Waals surface area contributed by atoms with E-state index in [0.717, 1.165) is 59.3 Å². The third-order valence-corrected chi connectivity index (χ3v) is 8.69. The van der Waals surface area contributed by atoms with Gasteiger partial charge in [0.2, 0.25) is 0 Å². The Labute approximate surface area is 235 Å². The summed E-state index contributed by atoms with van der Waals surface area (Å²) >= 11 is 0. The Morgan fingerprint density at radius 2 is 1.60 bits per heavy atom. The van der Waals surface area contributed by atoms with E-state index in [1.165, 1.54) is 25.9 Å². The molecule has 0 bridgehead atoms. The Kier molecular flexibility index (Phi) is 7.40. The first-order valence-electron chi connectivity index (χ1n) is 14.2. The molecule has 40 heavy (non-hydrogen) atoms. The summed E-state index contributed by atoms with van der Waals surface area (Å²) in [6, 6.07) is 18.3. The summed E-state index contributed by atoms with van der Waals surface area (Å²) < 4.78 is 2.33. The van der Waals surface area contributed by atoms with E-state index in [0.29, 0.717) is 24.4 Å². The van der Waals surface area contributed by atoms with E-state index in [1.54, 1.807) is 11.2 Å². The quantitative estimate of drug-likeness (QED) is 0.374. The molecule has 0 atom stereocenters. The number of nitrogen functional groups attached to an aromatic ring is 1. The molecule has 1 saturated heterocycles. The number of para-hydroxylation sites is 1. The zero-order chi connectivity index (χ0) is 27.6. The number of urea groups is 1. The Hall–Kier alpha value is -3.95. The number of piperazine rings is 1. The number of amides is 2. The molecule has 0 radical (unpaired) electrons. The molecule has 4 N–H and O–H groups in total. The monoisotopic (exact) mass is 538 g/mol. The minimum Gasteiger partial charge on any atom is -0.383 e. The number of likely N-dealkylation sites (N-methyl/N-ethyl adjacent to an activating group) is 1. The molecule has 0 spiro atoms. The first-order chi connectivity index (χ1) is 19.5. The second-order valence-corrected chi connectivity index (χ2v) is 11.2. The number of carbonyl (C=O) groups excluding carboxylic acids is 1. The Morgan fingerprint density at radius 1 is 0.925 bits per heavy atom. The van der Waals surface area contributed by atoms with E-state index >= 15 is 0 Å². The molecule has 2 fully saturated rings. The van der Waals surface area contributed by atoms with Gasteiger partial charge in [0.25, 0.3) is 0 Å². The number of nitrogens with two attached hydrogens (primary N) is 2. The first kappa shape index (κ1) is 26.3. The number of carbonyl (C=O) groups is 1. The SMILES string of the molecule is CN1CCN([C@H]2CC[C@H](n3cc(-c4ccc(CN(C(N)=O)c5ccccc5)cc4)c4c(N)ncnc43)CC2)CC1. The lowest BCUT2D eigenvalue weighted by atomic mass is 9.89. The van der Waals surface area contributed by atoms with Gasteiger partial charge in [0, 0.05) is 55.7 Å². The number of hydrogen-bond acceptors (Lipinski definition) is 6. The summed E-state index contributed by atoms with van der Waals surface area (Å²) in [5.41, 5.74) is 16.9. The molecule has 2 aromatic carbocycles. The number of primary amides is 1. The molecule has 2 aliphatic rings. The van der Waals surface area contributed by atoms with Crippen molar-refractivity contribution in [1.82, 2.24) is 24.3 Å². The molecule has 3 heterocycles. The van der Waals surface area contributed by atoms with E-state index in [-0.39, 0.29) is 0 Å². The maximum Gasteiger partial charge on any atom is 0.319 e. The van der Waals surface area contributed by atoms with Crippen molar-refractivity contribution in [2.45, 2.75) is 44.3 Å². The highest BCUT2D eigenvalue weighted by atomic mass is 16.2. The molecule has 208 valence electrons. The number of hydrogen-bond donors (Lipinski definition) is 2.